The fourth-order valence-electron chi connectivity index (χ4n) is 1.77. The topological polar surface area (TPSA) is 58.5 Å². The lowest BCUT2D eigenvalue weighted by Gasteiger charge is -2.10. The smallest absolute Gasteiger partial charge is 0.191 e. The molecule has 2 atom stereocenters. The number of nitrogens with one attached hydrogen (secondary N) is 2. The van der Waals surface area contributed by atoms with Crippen molar-refractivity contribution in [2.45, 2.75) is 26.3 Å². The number of hydrogen-bond donors (Lipinski definition) is 2. The Kier molecular flexibility index (Phi) is 7.64. The molecule has 0 aliphatic heterocycles. The minimum Gasteiger partial charge on any atom is -0.490 e. The first-order chi connectivity index (χ1) is 9.29. The Morgan fingerprint density at radius 2 is 2.35 bits per heavy atom. The molecular formula is C14H23IN4O. The van der Waals surface area contributed by atoms with Crippen LogP contribution in [0.25, 0.3) is 0 Å². The van der Waals surface area contributed by atoms with Gasteiger partial charge >= 0.3 is 0 Å². The van der Waals surface area contributed by atoms with Gasteiger partial charge in [-0.15, -0.1) is 24.0 Å². The first-order valence-electron chi connectivity index (χ1n) is 6.87. The van der Waals surface area contributed by atoms with Crippen LogP contribution in [0.15, 0.2) is 29.5 Å². The van der Waals surface area contributed by atoms with Crippen molar-refractivity contribution < 1.29 is 4.74 Å². The van der Waals surface area contributed by atoms with Crippen LogP contribution in [0, 0.1) is 5.92 Å². The van der Waals surface area contributed by atoms with Crippen LogP contribution in [0.3, 0.4) is 0 Å². The molecule has 2 N–H and O–H groups in total. The summed E-state index contributed by atoms with van der Waals surface area (Å²) >= 11 is 0. The molecule has 2 unspecified atom stereocenters. The van der Waals surface area contributed by atoms with Gasteiger partial charge in [0.25, 0.3) is 0 Å². The molecule has 1 aromatic heterocycles. The standard InChI is InChI=1S/C14H22N4O.HI/c1-3-16-14(18-13-9-11(13)2)17-7-8-19-12-5-4-6-15-10-12;/h4-6,10-11,13H,3,7-9H2,1-2H3,(H2,16,17,18);1H. The van der Waals surface area contributed by atoms with E-state index in [2.05, 4.69) is 34.5 Å². The molecule has 0 spiro atoms. The summed E-state index contributed by atoms with van der Waals surface area (Å²) < 4.78 is 5.55. The van der Waals surface area contributed by atoms with E-state index in [4.69, 9.17) is 4.74 Å². The maximum atomic E-state index is 5.55. The Morgan fingerprint density at radius 1 is 1.55 bits per heavy atom. The number of hydrogen-bond acceptors (Lipinski definition) is 3. The molecule has 1 fully saturated rings. The molecule has 0 saturated heterocycles. The third kappa shape index (κ3) is 5.94. The number of aliphatic imine (C=N–C) groups is 1. The van der Waals surface area contributed by atoms with E-state index in [1.807, 2.05) is 12.1 Å². The van der Waals surface area contributed by atoms with Gasteiger partial charge in [0.2, 0.25) is 0 Å². The molecule has 0 bridgehead atoms. The first kappa shape index (κ1) is 17.0. The molecule has 0 amide bonds. The summed E-state index contributed by atoms with van der Waals surface area (Å²) in [6, 6.07) is 4.34. The van der Waals surface area contributed by atoms with Gasteiger partial charge in [-0.05, 0) is 31.4 Å². The Labute approximate surface area is 137 Å². The Bertz CT molecular complexity index is 413. The highest BCUT2D eigenvalue weighted by molar-refractivity contribution is 14.0. The molecule has 0 radical (unpaired) electrons. The number of pyridine rings is 1. The zero-order chi connectivity index (χ0) is 13.5. The summed E-state index contributed by atoms with van der Waals surface area (Å²) in [7, 11) is 0. The Morgan fingerprint density at radius 3 is 2.95 bits per heavy atom. The van der Waals surface area contributed by atoms with Gasteiger partial charge in [0.1, 0.15) is 12.4 Å². The number of aromatic nitrogens is 1. The maximum Gasteiger partial charge on any atom is 0.191 e. The summed E-state index contributed by atoms with van der Waals surface area (Å²) in [4.78, 5) is 8.49. The molecule has 1 aliphatic rings. The lowest BCUT2D eigenvalue weighted by Crippen LogP contribution is -2.39. The van der Waals surface area contributed by atoms with Crippen molar-refractivity contribution in [3.8, 4) is 5.75 Å². The fraction of sp³-hybridized carbons (Fsp3) is 0.571. The van der Waals surface area contributed by atoms with Crippen LogP contribution in [0.5, 0.6) is 5.75 Å². The van der Waals surface area contributed by atoms with Gasteiger partial charge in [0.15, 0.2) is 5.96 Å². The van der Waals surface area contributed by atoms with Crippen molar-refractivity contribution in [2.24, 2.45) is 10.9 Å². The summed E-state index contributed by atoms with van der Waals surface area (Å²) in [5.41, 5.74) is 0. The summed E-state index contributed by atoms with van der Waals surface area (Å²) in [5, 5.41) is 6.66. The van der Waals surface area contributed by atoms with Crippen molar-refractivity contribution in [3.05, 3.63) is 24.5 Å². The van der Waals surface area contributed by atoms with E-state index in [0.29, 0.717) is 19.2 Å². The van der Waals surface area contributed by atoms with Crippen molar-refractivity contribution >= 4 is 29.9 Å². The average molecular weight is 390 g/mol. The highest BCUT2D eigenvalue weighted by atomic mass is 127. The molecule has 112 valence electrons. The molecular weight excluding hydrogens is 367 g/mol. The van der Waals surface area contributed by atoms with Crippen LogP contribution >= 0.6 is 24.0 Å². The second-order valence-electron chi connectivity index (χ2n) is 4.76. The van der Waals surface area contributed by atoms with E-state index < -0.39 is 0 Å². The zero-order valence-corrected chi connectivity index (χ0v) is 14.3. The Balaban J connectivity index is 0.00000200. The van der Waals surface area contributed by atoms with Gasteiger partial charge < -0.3 is 15.4 Å². The SMILES string of the molecule is CCNC(=NCCOc1cccnc1)NC1CC1C.I. The summed E-state index contributed by atoms with van der Waals surface area (Å²) in [5.74, 6) is 2.42. The van der Waals surface area contributed by atoms with Crippen molar-refractivity contribution in [3.63, 3.8) is 0 Å². The van der Waals surface area contributed by atoms with Crippen LogP contribution in [-0.4, -0.2) is 36.7 Å². The van der Waals surface area contributed by atoms with E-state index in [1.54, 1.807) is 12.4 Å². The van der Waals surface area contributed by atoms with Crippen LogP contribution in [0.2, 0.25) is 0 Å². The molecule has 1 aliphatic carbocycles. The number of halogens is 1. The number of guanidine groups is 1. The predicted molar refractivity (Wildman–Crippen MR) is 91.8 cm³/mol. The van der Waals surface area contributed by atoms with E-state index in [-0.39, 0.29) is 24.0 Å². The van der Waals surface area contributed by atoms with E-state index >= 15 is 0 Å². The van der Waals surface area contributed by atoms with Crippen LogP contribution in [0.4, 0.5) is 0 Å². The predicted octanol–water partition coefficient (Wildman–Crippen LogP) is 2.04. The van der Waals surface area contributed by atoms with Gasteiger partial charge in [-0.2, -0.15) is 0 Å². The largest absolute Gasteiger partial charge is 0.490 e. The highest BCUT2D eigenvalue weighted by Crippen LogP contribution is 2.28. The average Bonchev–Trinajstić information content (AvgIpc) is 3.11. The van der Waals surface area contributed by atoms with Crippen LogP contribution < -0.4 is 15.4 Å². The van der Waals surface area contributed by atoms with Crippen LogP contribution in [0.1, 0.15) is 20.3 Å². The molecule has 2 rings (SSSR count). The van der Waals surface area contributed by atoms with Gasteiger partial charge in [0.05, 0.1) is 12.7 Å². The van der Waals surface area contributed by atoms with E-state index in [0.717, 1.165) is 24.2 Å². The minimum absolute atomic E-state index is 0. The second-order valence-corrected chi connectivity index (χ2v) is 4.76. The lowest BCUT2D eigenvalue weighted by molar-refractivity contribution is 0.327. The number of rotatable bonds is 6. The van der Waals surface area contributed by atoms with Crippen molar-refractivity contribution in [1.29, 1.82) is 0 Å². The minimum atomic E-state index is 0. The van der Waals surface area contributed by atoms with Gasteiger partial charge in [0, 0.05) is 18.8 Å². The zero-order valence-electron chi connectivity index (χ0n) is 12.0. The van der Waals surface area contributed by atoms with E-state index in [9.17, 15) is 0 Å². The third-order valence-corrected chi connectivity index (χ3v) is 3.04. The summed E-state index contributed by atoms with van der Waals surface area (Å²) in [6.45, 7) is 6.37. The van der Waals surface area contributed by atoms with Gasteiger partial charge in [-0.1, -0.05) is 6.92 Å². The Hall–Kier alpha value is -1.05. The first-order valence-corrected chi connectivity index (χ1v) is 6.87. The molecule has 1 saturated carbocycles. The van der Waals surface area contributed by atoms with Gasteiger partial charge in [-0.25, -0.2) is 4.99 Å². The molecule has 1 heterocycles. The quantitative estimate of drug-likeness (QED) is 0.338. The molecule has 1 aromatic rings. The molecule has 6 heteroatoms. The lowest BCUT2D eigenvalue weighted by atomic mass is 10.5. The fourth-order valence-corrected chi connectivity index (χ4v) is 1.77. The second kappa shape index (κ2) is 8.99. The number of nitrogens with zero attached hydrogens (tertiary/aromatic N) is 2. The monoisotopic (exact) mass is 390 g/mol. The van der Waals surface area contributed by atoms with Crippen molar-refractivity contribution in [1.82, 2.24) is 15.6 Å². The maximum absolute atomic E-state index is 5.55. The van der Waals surface area contributed by atoms with Gasteiger partial charge in [-0.3, -0.25) is 4.98 Å². The normalized spacial score (nSPS) is 20.8. The van der Waals surface area contributed by atoms with Crippen molar-refractivity contribution in [2.75, 3.05) is 19.7 Å². The summed E-state index contributed by atoms with van der Waals surface area (Å²) in [6.07, 6.45) is 4.67. The van der Waals surface area contributed by atoms with E-state index in [1.165, 1.54) is 6.42 Å². The number of ether oxygens (including phenoxy) is 1. The molecule has 5 nitrogen and oxygen atoms in total. The highest BCUT2D eigenvalue weighted by Gasteiger charge is 2.33. The third-order valence-electron chi connectivity index (χ3n) is 3.04. The van der Waals surface area contributed by atoms with Crippen LogP contribution in [-0.2, 0) is 0 Å². The molecule has 0 aromatic carbocycles. The molecule has 20 heavy (non-hydrogen) atoms.